The van der Waals surface area contributed by atoms with Crippen LogP contribution in [0.2, 0.25) is 10.0 Å². The van der Waals surface area contributed by atoms with Crippen molar-refractivity contribution in [1.82, 2.24) is 5.16 Å². The largest absolute Gasteiger partial charge is 0.383 e. The molecule has 0 unspecified atom stereocenters. The number of benzene rings is 1. The van der Waals surface area contributed by atoms with Crippen LogP contribution in [0, 0.1) is 6.92 Å². The minimum absolute atomic E-state index is 0.0470. The van der Waals surface area contributed by atoms with Gasteiger partial charge in [-0.15, -0.1) is 0 Å². The highest BCUT2D eigenvalue weighted by atomic mass is 35.5. The molecule has 0 bridgehead atoms. The Morgan fingerprint density at radius 3 is 2.59 bits per heavy atom. The van der Waals surface area contributed by atoms with E-state index in [-0.39, 0.29) is 21.9 Å². The van der Waals surface area contributed by atoms with E-state index < -0.39 is 11.3 Å². The van der Waals surface area contributed by atoms with Gasteiger partial charge in [0.1, 0.15) is 11.3 Å². The van der Waals surface area contributed by atoms with Crippen LogP contribution in [-0.4, -0.2) is 10.9 Å². The Bertz CT molecular complexity index is 642. The molecule has 0 fully saturated rings. The average molecular weight is 272 g/mol. The molecule has 17 heavy (non-hydrogen) atoms. The van der Waals surface area contributed by atoms with Crippen LogP contribution in [0.15, 0.2) is 27.5 Å². The topological polar surface area (TPSA) is 63.1 Å². The molecule has 0 atom stereocenters. The number of nitrogens with one attached hydrogen (secondary N) is 1. The van der Waals surface area contributed by atoms with E-state index >= 15 is 0 Å². The minimum Gasteiger partial charge on any atom is -0.383 e. The Morgan fingerprint density at radius 1 is 1.35 bits per heavy atom. The van der Waals surface area contributed by atoms with Crippen LogP contribution in [0.1, 0.15) is 21.7 Å². The predicted octanol–water partition coefficient (Wildman–Crippen LogP) is 2.81. The molecule has 4 nitrogen and oxygen atoms in total. The van der Waals surface area contributed by atoms with Crippen molar-refractivity contribution in [2.24, 2.45) is 0 Å². The van der Waals surface area contributed by atoms with Gasteiger partial charge in [-0.25, -0.2) is 0 Å². The van der Waals surface area contributed by atoms with E-state index in [9.17, 15) is 9.59 Å². The molecule has 1 N–H and O–H groups in total. The van der Waals surface area contributed by atoms with Crippen molar-refractivity contribution >= 4 is 29.0 Å². The standard InChI is InChI=1S/C11H7Cl2NO3/c1-5-9(11(16)14-17-5)10(15)7-3-2-6(12)4-8(7)13/h2-4H,1H3,(H,14,16). The number of carbonyl (C=O) groups is 1. The zero-order valence-corrected chi connectivity index (χ0v) is 10.2. The summed E-state index contributed by atoms with van der Waals surface area (Å²) in [5.41, 5.74) is -0.404. The summed E-state index contributed by atoms with van der Waals surface area (Å²) < 4.78 is 4.77. The van der Waals surface area contributed by atoms with Crippen LogP contribution in [0.3, 0.4) is 0 Å². The smallest absolute Gasteiger partial charge is 0.291 e. The number of aryl methyl sites for hydroxylation is 1. The Morgan fingerprint density at radius 2 is 2.06 bits per heavy atom. The maximum atomic E-state index is 12.1. The molecule has 0 amide bonds. The van der Waals surface area contributed by atoms with Gasteiger partial charge in [0, 0.05) is 10.6 Å². The van der Waals surface area contributed by atoms with Gasteiger partial charge in [0.05, 0.1) is 5.02 Å². The first-order valence-corrected chi connectivity index (χ1v) is 5.44. The zero-order valence-electron chi connectivity index (χ0n) is 8.71. The van der Waals surface area contributed by atoms with E-state index in [0.29, 0.717) is 5.02 Å². The molecule has 0 aliphatic heterocycles. The second kappa shape index (κ2) is 4.39. The molecule has 88 valence electrons. The Labute approximate surface area is 106 Å². The van der Waals surface area contributed by atoms with Gasteiger partial charge >= 0.3 is 0 Å². The van der Waals surface area contributed by atoms with Gasteiger partial charge in [-0.05, 0) is 25.1 Å². The van der Waals surface area contributed by atoms with Gasteiger partial charge < -0.3 is 4.52 Å². The highest BCUT2D eigenvalue weighted by Gasteiger charge is 2.21. The molecule has 0 saturated carbocycles. The quantitative estimate of drug-likeness (QED) is 0.855. The fourth-order valence-electron chi connectivity index (χ4n) is 1.46. The van der Waals surface area contributed by atoms with Crippen LogP contribution < -0.4 is 5.56 Å². The summed E-state index contributed by atoms with van der Waals surface area (Å²) in [6, 6.07) is 4.45. The van der Waals surface area contributed by atoms with Crippen LogP contribution >= 0.6 is 23.2 Å². The second-order valence-corrected chi connectivity index (χ2v) is 4.26. The van der Waals surface area contributed by atoms with E-state index in [1.54, 1.807) is 0 Å². The number of ketones is 1. The molecule has 1 aromatic heterocycles. The Balaban J connectivity index is 2.55. The van der Waals surface area contributed by atoms with Crippen molar-refractivity contribution in [1.29, 1.82) is 0 Å². The third-order valence-electron chi connectivity index (χ3n) is 2.28. The number of halogens is 2. The van der Waals surface area contributed by atoms with Gasteiger partial charge in [-0.1, -0.05) is 23.2 Å². The van der Waals surface area contributed by atoms with E-state index in [4.69, 9.17) is 27.7 Å². The molecule has 0 saturated heterocycles. The number of rotatable bonds is 2. The Kier molecular flexibility index (Phi) is 3.09. The van der Waals surface area contributed by atoms with Crippen LogP contribution in [-0.2, 0) is 0 Å². The molecule has 2 rings (SSSR count). The summed E-state index contributed by atoms with van der Waals surface area (Å²) in [6.45, 7) is 1.52. The lowest BCUT2D eigenvalue weighted by molar-refractivity contribution is 0.103. The first-order valence-electron chi connectivity index (χ1n) is 4.68. The fourth-order valence-corrected chi connectivity index (χ4v) is 1.95. The normalized spacial score (nSPS) is 10.5. The minimum atomic E-state index is -0.571. The van der Waals surface area contributed by atoms with Crippen LogP contribution in [0.4, 0.5) is 0 Å². The summed E-state index contributed by atoms with van der Waals surface area (Å²) in [6.07, 6.45) is 0. The van der Waals surface area contributed by atoms with E-state index in [1.807, 2.05) is 0 Å². The maximum Gasteiger partial charge on any atom is 0.291 e. The third kappa shape index (κ3) is 2.14. The summed E-state index contributed by atoms with van der Waals surface area (Å²) >= 11 is 11.6. The number of aromatic nitrogens is 1. The first-order chi connectivity index (χ1) is 8.00. The van der Waals surface area contributed by atoms with Gasteiger partial charge in [0.25, 0.3) is 5.56 Å². The number of hydrogen-bond donors (Lipinski definition) is 1. The van der Waals surface area contributed by atoms with E-state index in [0.717, 1.165) is 0 Å². The molecule has 0 radical (unpaired) electrons. The fraction of sp³-hybridized carbons (Fsp3) is 0.0909. The average Bonchev–Trinajstić information content (AvgIpc) is 2.58. The lowest BCUT2D eigenvalue weighted by Gasteiger charge is -2.01. The summed E-state index contributed by atoms with van der Waals surface area (Å²) in [5.74, 6) is -0.259. The number of hydrogen-bond acceptors (Lipinski definition) is 3. The van der Waals surface area contributed by atoms with Crippen molar-refractivity contribution in [3.63, 3.8) is 0 Å². The molecule has 6 heteroatoms. The summed E-state index contributed by atoms with van der Waals surface area (Å²) in [4.78, 5) is 23.5. The van der Waals surface area contributed by atoms with E-state index in [1.165, 1.54) is 25.1 Å². The molecule has 0 spiro atoms. The predicted molar refractivity (Wildman–Crippen MR) is 64.0 cm³/mol. The summed E-state index contributed by atoms with van der Waals surface area (Å²) in [7, 11) is 0. The van der Waals surface area contributed by atoms with Crippen molar-refractivity contribution in [3.8, 4) is 0 Å². The maximum absolute atomic E-state index is 12.1. The van der Waals surface area contributed by atoms with Crippen molar-refractivity contribution in [3.05, 3.63) is 55.5 Å². The van der Waals surface area contributed by atoms with Gasteiger partial charge in [0.15, 0.2) is 0 Å². The number of aromatic amines is 1. The van der Waals surface area contributed by atoms with Gasteiger partial charge in [-0.2, -0.15) is 5.16 Å². The molecule has 2 aromatic rings. The van der Waals surface area contributed by atoms with Gasteiger partial charge in [-0.3, -0.25) is 9.59 Å². The van der Waals surface area contributed by atoms with Crippen LogP contribution in [0.5, 0.6) is 0 Å². The third-order valence-corrected chi connectivity index (χ3v) is 2.83. The van der Waals surface area contributed by atoms with Crippen molar-refractivity contribution in [2.45, 2.75) is 6.92 Å². The van der Waals surface area contributed by atoms with Crippen molar-refractivity contribution < 1.29 is 9.32 Å². The van der Waals surface area contributed by atoms with Gasteiger partial charge in [0.2, 0.25) is 5.78 Å². The Hall–Kier alpha value is -1.52. The monoisotopic (exact) mass is 271 g/mol. The number of H-pyrrole nitrogens is 1. The number of carbonyl (C=O) groups excluding carboxylic acids is 1. The van der Waals surface area contributed by atoms with Crippen molar-refractivity contribution in [2.75, 3.05) is 0 Å². The lowest BCUT2D eigenvalue weighted by atomic mass is 10.0. The lowest BCUT2D eigenvalue weighted by Crippen LogP contribution is -2.14. The SMILES string of the molecule is Cc1o[nH]c(=O)c1C(=O)c1ccc(Cl)cc1Cl. The molecule has 0 aliphatic carbocycles. The highest BCUT2D eigenvalue weighted by Crippen LogP contribution is 2.23. The highest BCUT2D eigenvalue weighted by molar-refractivity contribution is 6.37. The molecular weight excluding hydrogens is 265 g/mol. The molecule has 1 aromatic carbocycles. The molecular formula is C11H7Cl2NO3. The van der Waals surface area contributed by atoms with E-state index in [2.05, 4.69) is 5.16 Å². The molecule has 1 heterocycles. The second-order valence-electron chi connectivity index (χ2n) is 3.42. The molecule has 0 aliphatic rings. The van der Waals surface area contributed by atoms with Crippen LogP contribution in [0.25, 0.3) is 0 Å². The zero-order chi connectivity index (χ0) is 12.6. The summed E-state index contributed by atoms with van der Waals surface area (Å²) in [5, 5.41) is 2.72. The first kappa shape index (κ1) is 12.0.